The Morgan fingerprint density at radius 2 is 2.04 bits per heavy atom. The van der Waals surface area contributed by atoms with E-state index in [0.29, 0.717) is 18.8 Å². The molecule has 7 nitrogen and oxygen atoms in total. The third kappa shape index (κ3) is 5.98. The van der Waals surface area contributed by atoms with Crippen LogP contribution in [0.2, 0.25) is 5.15 Å². The highest BCUT2D eigenvalue weighted by Gasteiger charge is 2.19. The van der Waals surface area contributed by atoms with E-state index >= 15 is 0 Å². The molecule has 1 rings (SSSR count). The zero-order valence-electron chi connectivity index (χ0n) is 14.6. The Balaban J connectivity index is 2.72. The van der Waals surface area contributed by atoms with Gasteiger partial charge in [-0.2, -0.15) is 0 Å². The molecule has 1 aromatic rings. The lowest BCUT2D eigenvalue weighted by atomic mass is 10.1. The zero-order chi connectivity index (χ0) is 18.3. The number of rotatable bonds is 7. The van der Waals surface area contributed by atoms with Crippen molar-refractivity contribution in [2.75, 3.05) is 20.3 Å². The molecule has 0 spiro atoms. The summed E-state index contributed by atoms with van der Waals surface area (Å²) in [5, 5.41) is 3.81. The number of ether oxygens (including phenoxy) is 2. The maximum atomic E-state index is 11.9. The molecule has 0 amide bonds. The number of nitrogens with zero attached hydrogens (tertiary/aromatic N) is 2. The average Bonchev–Trinajstić information content (AvgIpc) is 2.50. The SMILES string of the molecule is COC(=O)c1c(C/C=N\OCCOC(C)(C)C)cc(=O)n(C)c1Cl. The van der Waals surface area contributed by atoms with Crippen molar-refractivity contribution in [3.63, 3.8) is 0 Å². The van der Waals surface area contributed by atoms with Gasteiger partial charge in [0.1, 0.15) is 11.8 Å². The van der Waals surface area contributed by atoms with Gasteiger partial charge in [0.25, 0.3) is 5.56 Å². The smallest absolute Gasteiger partial charge is 0.341 e. The Labute approximate surface area is 146 Å². The van der Waals surface area contributed by atoms with Crippen LogP contribution in [-0.2, 0) is 27.8 Å². The molecule has 1 heterocycles. The summed E-state index contributed by atoms with van der Waals surface area (Å²) < 4.78 is 11.4. The summed E-state index contributed by atoms with van der Waals surface area (Å²) in [5.74, 6) is -0.613. The first-order chi connectivity index (χ1) is 11.2. The Kier molecular flexibility index (Phi) is 7.44. The van der Waals surface area contributed by atoms with Gasteiger partial charge in [-0.1, -0.05) is 16.8 Å². The lowest BCUT2D eigenvalue weighted by Gasteiger charge is -2.18. The summed E-state index contributed by atoms with van der Waals surface area (Å²) in [4.78, 5) is 28.8. The van der Waals surface area contributed by atoms with E-state index < -0.39 is 5.97 Å². The molecular weight excluding hydrogens is 336 g/mol. The third-order valence-corrected chi connectivity index (χ3v) is 3.45. The van der Waals surface area contributed by atoms with E-state index in [-0.39, 0.29) is 28.3 Å². The van der Waals surface area contributed by atoms with Crippen LogP contribution in [0.15, 0.2) is 16.0 Å². The molecule has 8 heteroatoms. The van der Waals surface area contributed by atoms with Crippen molar-refractivity contribution in [3.8, 4) is 0 Å². The summed E-state index contributed by atoms with van der Waals surface area (Å²) in [6, 6.07) is 1.33. The Bertz CT molecular complexity index is 662. The van der Waals surface area contributed by atoms with Gasteiger partial charge in [0, 0.05) is 25.7 Å². The predicted molar refractivity (Wildman–Crippen MR) is 91.9 cm³/mol. The monoisotopic (exact) mass is 358 g/mol. The van der Waals surface area contributed by atoms with Gasteiger partial charge in [0.15, 0.2) is 0 Å². The molecule has 0 radical (unpaired) electrons. The van der Waals surface area contributed by atoms with Crippen molar-refractivity contribution in [1.29, 1.82) is 0 Å². The molecular formula is C16H23ClN2O5. The molecule has 0 N–H and O–H groups in total. The van der Waals surface area contributed by atoms with E-state index in [0.717, 1.165) is 0 Å². The fourth-order valence-electron chi connectivity index (χ4n) is 1.82. The highest BCUT2D eigenvalue weighted by Crippen LogP contribution is 2.19. The van der Waals surface area contributed by atoms with E-state index in [9.17, 15) is 9.59 Å². The average molecular weight is 359 g/mol. The minimum absolute atomic E-state index is 0.0252. The quantitative estimate of drug-likeness (QED) is 0.245. The van der Waals surface area contributed by atoms with Crippen molar-refractivity contribution >= 4 is 23.8 Å². The van der Waals surface area contributed by atoms with Crippen molar-refractivity contribution < 1.29 is 19.1 Å². The van der Waals surface area contributed by atoms with Gasteiger partial charge in [-0.25, -0.2) is 4.79 Å². The van der Waals surface area contributed by atoms with Crippen LogP contribution >= 0.6 is 11.6 Å². The maximum Gasteiger partial charge on any atom is 0.341 e. The van der Waals surface area contributed by atoms with E-state index in [1.54, 1.807) is 0 Å². The molecule has 0 unspecified atom stereocenters. The van der Waals surface area contributed by atoms with E-state index in [1.807, 2.05) is 20.8 Å². The summed E-state index contributed by atoms with van der Waals surface area (Å²) in [7, 11) is 2.73. The Hall–Kier alpha value is -1.86. The molecule has 0 aliphatic carbocycles. The first-order valence-electron chi connectivity index (χ1n) is 7.42. The minimum Gasteiger partial charge on any atom is -0.465 e. The van der Waals surface area contributed by atoms with Crippen molar-refractivity contribution in [2.45, 2.75) is 32.8 Å². The first-order valence-corrected chi connectivity index (χ1v) is 7.79. The van der Waals surface area contributed by atoms with Gasteiger partial charge in [0.2, 0.25) is 0 Å². The lowest BCUT2D eigenvalue weighted by Crippen LogP contribution is -2.22. The number of carbonyl (C=O) groups is 1. The predicted octanol–water partition coefficient (Wildman–Crippen LogP) is 2.19. The van der Waals surface area contributed by atoms with Gasteiger partial charge < -0.3 is 18.9 Å². The van der Waals surface area contributed by atoms with Gasteiger partial charge >= 0.3 is 5.97 Å². The van der Waals surface area contributed by atoms with Crippen LogP contribution in [0.4, 0.5) is 0 Å². The zero-order valence-corrected chi connectivity index (χ0v) is 15.3. The number of pyridine rings is 1. The molecule has 0 aliphatic heterocycles. The molecule has 24 heavy (non-hydrogen) atoms. The summed E-state index contributed by atoms with van der Waals surface area (Å²) >= 11 is 6.07. The molecule has 0 aliphatic rings. The van der Waals surface area contributed by atoms with E-state index in [1.165, 1.54) is 31.0 Å². The van der Waals surface area contributed by atoms with Gasteiger partial charge in [-0.3, -0.25) is 4.79 Å². The molecule has 1 aromatic heterocycles. The standard InChI is InChI=1S/C16H23ClN2O5/c1-16(2,3)23-8-9-24-18-7-6-11-10-12(20)19(4)14(17)13(11)15(21)22-5/h7,10H,6,8-9H2,1-5H3/b18-7-. The highest BCUT2D eigenvalue weighted by atomic mass is 35.5. The molecule has 0 saturated heterocycles. The van der Waals surface area contributed by atoms with Gasteiger partial charge in [0.05, 0.1) is 24.9 Å². The van der Waals surface area contributed by atoms with Crippen molar-refractivity contribution in [3.05, 3.63) is 32.7 Å². The second-order valence-electron chi connectivity index (χ2n) is 6.01. The number of esters is 1. The number of hydrogen-bond acceptors (Lipinski definition) is 6. The van der Waals surface area contributed by atoms with Crippen LogP contribution in [0.3, 0.4) is 0 Å². The topological polar surface area (TPSA) is 79.1 Å². The lowest BCUT2D eigenvalue weighted by molar-refractivity contribution is -0.0339. The molecule has 0 saturated carbocycles. The summed E-state index contributed by atoms with van der Waals surface area (Å²) in [6.07, 6.45) is 1.66. The van der Waals surface area contributed by atoms with Crippen LogP contribution in [-0.4, -0.2) is 42.7 Å². The Morgan fingerprint density at radius 1 is 1.38 bits per heavy atom. The van der Waals surface area contributed by atoms with Crippen LogP contribution in [0.25, 0.3) is 0 Å². The van der Waals surface area contributed by atoms with Crippen LogP contribution < -0.4 is 5.56 Å². The van der Waals surface area contributed by atoms with Crippen LogP contribution in [0, 0.1) is 0 Å². The van der Waals surface area contributed by atoms with E-state index in [4.69, 9.17) is 25.9 Å². The summed E-state index contributed by atoms with van der Waals surface area (Å²) in [6.45, 7) is 6.56. The fourth-order valence-corrected chi connectivity index (χ4v) is 2.10. The molecule has 0 bridgehead atoms. The number of halogens is 1. The fraction of sp³-hybridized carbons (Fsp3) is 0.562. The highest BCUT2D eigenvalue weighted by molar-refractivity contribution is 6.32. The van der Waals surface area contributed by atoms with Gasteiger partial charge in [-0.15, -0.1) is 0 Å². The second-order valence-corrected chi connectivity index (χ2v) is 6.37. The normalized spacial score (nSPS) is 11.8. The first kappa shape index (κ1) is 20.2. The molecule has 134 valence electrons. The number of aromatic nitrogens is 1. The molecule has 0 aromatic carbocycles. The number of carbonyl (C=O) groups excluding carboxylic acids is 1. The van der Waals surface area contributed by atoms with Crippen molar-refractivity contribution in [2.24, 2.45) is 12.2 Å². The number of methoxy groups -OCH3 is 1. The number of oxime groups is 1. The maximum absolute atomic E-state index is 11.9. The minimum atomic E-state index is -0.613. The molecule has 0 fully saturated rings. The largest absolute Gasteiger partial charge is 0.465 e. The molecule has 0 atom stereocenters. The van der Waals surface area contributed by atoms with Crippen LogP contribution in [0.5, 0.6) is 0 Å². The summed E-state index contributed by atoms with van der Waals surface area (Å²) in [5.41, 5.74) is 0.0103. The van der Waals surface area contributed by atoms with E-state index in [2.05, 4.69) is 5.16 Å². The number of hydrogen-bond donors (Lipinski definition) is 0. The third-order valence-electron chi connectivity index (χ3n) is 3.01. The van der Waals surface area contributed by atoms with Gasteiger partial charge in [-0.05, 0) is 26.3 Å². The van der Waals surface area contributed by atoms with Crippen molar-refractivity contribution in [1.82, 2.24) is 4.57 Å². The second kappa shape index (κ2) is 8.84. The Morgan fingerprint density at radius 3 is 2.62 bits per heavy atom. The van der Waals surface area contributed by atoms with Crippen LogP contribution in [0.1, 0.15) is 36.7 Å².